The van der Waals surface area contributed by atoms with Gasteiger partial charge >= 0.3 is 0 Å². The minimum atomic E-state index is -3.83. The molecule has 0 unspecified atom stereocenters. The highest BCUT2D eigenvalue weighted by Crippen LogP contribution is 2.23. The summed E-state index contributed by atoms with van der Waals surface area (Å²) < 4.78 is 40.1. The van der Waals surface area contributed by atoms with Crippen LogP contribution in [0.5, 0.6) is 0 Å². The molecule has 0 radical (unpaired) electrons. The molecule has 2 amide bonds. The smallest absolute Gasteiger partial charge is 0.244 e. The number of sulfonamides is 1. The van der Waals surface area contributed by atoms with Crippen molar-refractivity contribution in [3.05, 3.63) is 101 Å². The van der Waals surface area contributed by atoms with Crippen LogP contribution in [0.15, 0.2) is 72.8 Å². The number of benzene rings is 3. The Balaban J connectivity index is 2.03. The number of halogens is 1. The first-order chi connectivity index (χ1) is 17.5. The van der Waals surface area contributed by atoms with Gasteiger partial charge in [-0.3, -0.25) is 13.9 Å². The molecule has 1 atom stereocenters. The number of nitrogens with zero attached hydrogens (tertiary/aromatic N) is 2. The van der Waals surface area contributed by atoms with E-state index in [2.05, 4.69) is 5.32 Å². The lowest BCUT2D eigenvalue weighted by Gasteiger charge is -2.33. The van der Waals surface area contributed by atoms with Crippen LogP contribution in [0.25, 0.3) is 0 Å². The Morgan fingerprint density at radius 3 is 2.14 bits per heavy atom. The van der Waals surface area contributed by atoms with E-state index in [9.17, 15) is 22.4 Å². The molecule has 196 valence electrons. The zero-order valence-electron chi connectivity index (χ0n) is 21.4. The van der Waals surface area contributed by atoms with E-state index < -0.39 is 40.2 Å². The lowest BCUT2D eigenvalue weighted by molar-refractivity contribution is -0.139. The van der Waals surface area contributed by atoms with Gasteiger partial charge in [-0.05, 0) is 60.4 Å². The number of likely N-dealkylation sites (N-methyl/N-ethyl adjacent to an activating group) is 1. The van der Waals surface area contributed by atoms with E-state index in [0.29, 0.717) is 11.3 Å². The molecule has 0 fully saturated rings. The number of aryl methyl sites for hydroxylation is 2. The molecule has 0 saturated carbocycles. The molecule has 0 saturated heterocycles. The summed E-state index contributed by atoms with van der Waals surface area (Å²) >= 11 is 0. The number of carbonyl (C=O) groups is 2. The van der Waals surface area contributed by atoms with E-state index in [1.54, 1.807) is 18.2 Å². The Morgan fingerprint density at radius 1 is 0.919 bits per heavy atom. The van der Waals surface area contributed by atoms with E-state index in [1.165, 1.54) is 36.2 Å². The molecule has 0 spiro atoms. The average Bonchev–Trinajstić information content (AvgIpc) is 2.87. The van der Waals surface area contributed by atoms with E-state index in [0.717, 1.165) is 27.3 Å². The molecule has 3 rings (SSSR count). The summed E-state index contributed by atoms with van der Waals surface area (Å²) in [6.07, 6.45) is 1.26. The first-order valence-corrected chi connectivity index (χ1v) is 13.7. The zero-order chi connectivity index (χ0) is 27.2. The van der Waals surface area contributed by atoms with Crippen LogP contribution in [0.2, 0.25) is 0 Å². The van der Waals surface area contributed by atoms with Gasteiger partial charge in [0.15, 0.2) is 0 Å². The van der Waals surface area contributed by atoms with Crippen molar-refractivity contribution in [1.82, 2.24) is 10.2 Å². The Labute approximate surface area is 218 Å². The van der Waals surface area contributed by atoms with Gasteiger partial charge in [0.25, 0.3) is 0 Å². The normalized spacial score (nSPS) is 12.0. The van der Waals surface area contributed by atoms with Gasteiger partial charge in [-0.1, -0.05) is 48.5 Å². The lowest BCUT2D eigenvalue weighted by Crippen LogP contribution is -2.52. The molecule has 0 bridgehead atoms. The van der Waals surface area contributed by atoms with Crippen molar-refractivity contribution in [2.45, 2.75) is 32.9 Å². The van der Waals surface area contributed by atoms with Crippen LogP contribution in [0, 0.1) is 19.7 Å². The molecule has 0 aliphatic carbocycles. The van der Waals surface area contributed by atoms with Crippen LogP contribution < -0.4 is 9.62 Å². The first-order valence-electron chi connectivity index (χ1n) is 11.8. The topological polar surface area (TPSA) is 86.8 Å². The zero-order valence-corrected chi connectivity index (χ0v) is 22.3. The monoisotopic (exact) mass is 525 g/mol. The van der Waals surface area contributed by atoms with Crippen molar-refractivity contribution in [2.24, 2.45) is 0 Å². The summed E-state index contributed by atoms with van der Waals surface area (Å²) in [6, 6.07) is 19.1. The third kappa shape index (κ3) is 7.39. The van der Waals surface area contributed by atoms with E-state index in [-0.39, 0.29) is 13.0 Å². The second kappa shape index (κ2) is 12.0. The minimum absolute atomic E-state index is 0.00540. The second-order valence-electron chi connectivity index (χ2n) is 9.01. The van der Waals surface area contributed by atoms with Gasteiger partial charge in [0.1, 0.15) is 18.4 Å². The van der Waals surface area contributed by atoms with Gasteiger partial charge in [0, 0.05) is 20.0 Å². The van der Waals surface area contributed by atoms with Crippen molar-refractivity contribution in [2.75, 3.05) is 24.2 Å². The molecule has 37 heavy (non-hydrogen) atoms. The van der Waals surface area contributed by atoms with Gasteiger partial charge in [0.05, 0.1) is 11.9 Å². The molecular weight excluding hydrogens is 493 g/mol. The maximum atomic E-state index is 13.8. The maximum Gasteiger partial charge on any atom is 0.244 e. The highest BCUT2D eigenvalue weighted by atomic mass is 32.2. The molecule has 9 heteroatoms. The molecule has 3 aromatic carbocycles. The number of carbonyl (C=O) groups excluding carboxylic acids is 2. The predicted octanol–water partition coefficient (Wildman–Crippen LogP) is 3.59. The van der Waals surface area contributed by atoms with Crippen molar-refractivity contribution >= 4 is 27.5 Å². The first kappa shape index (κ1) is 27.9. The van der Waals surface area contributed by atoms with E-state index in [4.69, 9.17) is 0 Å². The van der Waals surface area contributed by atoms with E-state index >= 15 is 0 Å². The van der Waals surface area contributed by atoms with Gasteiger partial charge in [0.2, 0.25) is 21.8 Å². The van der Waals surface area contributed by atoms with Crippen molar-refractivity contribution in [3.63, 3.8) is 0 Å². The SMILES string of the molecule is CNC(=O)[C@H](Cc1ccccc1)N(Cc1ccc(F)cc1)C(=O)CN(c1ccc(C)c(C)c1)S(C)(=O)=O. The molecule has 7 nitrogen and oxygen atoms in total. The average molecular weight is 526 g/mol. The summed E-state index contributed by atoms with van der Waals surface area (Å²) in [5.74, 6) is -1.37. The highest BCUT2D eigenvalue weighted by Gasteiger charge is 2.32. The third-order valence-electron chi connectivity index (χ3n) is 6.24. The standard InChI is InChI=1S/C28H32FN3O4S/c1-20-10-15-25(16-21(20)2)32(37(4,35)36)19-27(33)31(18-23-11-13-24(29)14-12-23)26(28(34)30-3)17-22-8-6-5-7-9-22/h5-16,26H,17-19H2,1-4H3,(H,30,34)/t26-/m0/s1. The highest BCUT2D eigenvalue weighted by molar-refractivity contribution is 7.92. The Bertz CT molecular complexity index is 1350. The summed E-state index contributed by atoms with van der Waals surface area (Å²) in [7, 11) is -2.34. The molecule has 0 aliphatic heterocycles. The van der Waals surface area contributed by atoms with Gasteiger partial charge in [-0.2, -0.15) is 0 Å². The number of hydrogen-bond donors (Lipinski definition) is 1. The van der Waals surface area contributed by atoms with Crippen LogP contribution >= 0.6 is 0 Å². The molecule has 0 aromatic heterocycles. The fraction of sp³-hybridized carbons (Fsp3) is 0.286. The number of amides is 2. The minimum Gasteiger partial charge on any atom is -0.357 e. The summed E-state index contributed by atoms with van der Waals surface area (Å²) in [5, 5.41) is 2.62. The van der Waals surface area contributed by atoms with Gasteiger partial charge < -0.3 is 10.2 Å². The van der Waals surface area contributed by atoms with Crippen LogP contribution in [-0.2, 0) is 32.6 Å². The fourth-order valence-corrected chi connectivity index (χ4v) is 4.84. The van der Waals surface area contributed by atoms with Crippen LogP contribution in [0.4, 0.5) is 10.1 Å². The quantitative estimate of drug-likeness (QED) is 0.438. The van der Waals surface area contributed by atoms with Crippen LogP contribution in [0.1, 0.15) is 22.3 Å². The summed E-state index contributed by atoms with van der Waals surface area (Å²) in [4.78, 5) is 28.2. The largest absolute Gasteiger partial charge is 0.357 e. The van der Waals surface area contributed by atoms with Crippen molar-refractivity contribution < 1.29 is 22.4 Å². The molecular formula is C28H32FN3O4S. The Hall–Kier alpha value is -3.72. The lowest BCUT2D eigenvalue weighted by atomic mass is 10.0. The van der Waals surface area contributed by atoms with Gasteiger partial charge in [-0.15, -0.1) is 0 Å². The molecule has 0 heterocycles. The molecule has 0 aliphatic rings. The number of nitrogens with one attached hydrogen (secondary N) is 1. The molecule has 1 N–H and O–H groups in total. The number of hydrogen-bond acceptors (Lipinski definition) is 4. The third-order valence-corrected chi connectivity index (χ3v) is 7.38. The van der Waals surface area contributed by atoms with Crippen LogP contribution in [0.3, 0.4) is 0 Å². The maximum absolute atomic E-state index is 13.8. The number of rotatable bonds is 10. The predicted molar refractivity (Wildman–Crippen MR) is 143 cm³/mol. The van der Waals surface area contributed by atoms with Crippen molar-refractivity contribution in [3.8, 4) is 0 Å². The fourth-order valence-electron chi connectivity index (χ4n) is 4.00. The Morgan fingerprint density at radius 2 is 1.57 bits per heavy atom. The Kier molecular flexibility index (Phi) is 9.04. The van der Waals surface area contributed by atoms with Crippen molar-refractivity contribution in [1.29, 1.82) is 0 Å². The molecule has 3 aromatic rings. The second-order valence-corrected chi connectivity index (χ2v) is 10.9. The van der Waals surface area contributed by atoms with Gasteiger partial charge in [-0.25, -0.2) is 12.8 Å². The van der Waals surface area contributed by atoms with Crippen LogP contribution in [-0.4, -0.2) is 51.0 Å². The summed E-state index contributed by atoms with van der Waals surface area (Å²) in [6.45, 7) is 3.28. The van der Waals surface area contributed by atoms with E-state index in [1.807, 2.05) is 44.2 Å². The number of anilines is 1. The summed E-state index contributed by atoms with van der Waals surface area (Å²) in [5.41, 5.74) is 3.68.